The third-order valence-corrected chi connectivity index (χ3v) is 4.77. The maximum atomic E-state index is 13.4. The van der Waals surface area contributed by atoms with Gasteiger partial charge in [-0.3, -0.25) is 9.78 Å². The van der Waals surface area contributed by atoms with E-state index in [4.69, 9.17) is 4.98 Å². The highest BCUT2D eigenvalue weighted by atomic mass is 19.1. The summed E-state index contributed by atoms with van der Waals surface area (Å²) >= 11 is 0. The summed E-state index contributed by atoms with van der Waals surface area (Å²) < 4.78 is 13.4. The van der Waals surface area contributed by atoms with Gasteiger partial charge in [0.25, 0.3) is 0 Å². The molecule has 0 atom stereocenters. The third-order valence-electron chi connectivity index (χ3n) is 4.77. The van der Waals surface area contributed by atoms with E-state index in [1.54, 1.807) is 12.1 Å². The van der Waals surface area contributed by atoms with Crippen LogP contribution in [0.5, 0.6) is 0 Å². The van der Waals surface area contributed by atoms with Gasteiger partial charge < -0.3 is 0 Å². The molecule has 0 unspecified atom stereocenters. The molecule has 0 spiro atoms. The number of halogens is 1. The van der Waals surface area contributed by atoms with Gasteiger partial charge in [-0.05, 0) is 48.6 Å². The summed E-state index contributed by atoms with van der Waals surface area (Å²) in [5.74, 6) is 0.0660. The zero-order valence-corrected chi connectivity index (χ0v) is 14.0. The monoisotopic (exact) mass is 331 g/mol. The van der Waals surface area contributed by atoms with Crippen LogP contribution in [0.1, 0.15) is 40.4 Å². The number of rotatable bonds is 4. The Morgan fingerprint density at radius 1 is 1.00 bits per heavy atom. The Hall–Kier alpha value is -2.81. The molecule has 0 saturated heterocycles. The number of aromatic nitrogens is 1. The van der Waals surface area contributed by atoms with E-state index in [1.807, 2.05) is 37.3 Å². The van der Waals surface area contributed by atoms with E-state index in [0.717, 1.165) is 52.8 Å². The van der Waals surface area contributed by atoms with Gasteiger partial charge in [-0.15, -0.1) is 0 Å². The second-order valence-corrected chi connectivity index (χ2v) is 6.52. The van der Waals surface area contributed by atoms with Crippen LogP contribution in [-0.4, -0.2) is 11.3 Å². The van der Waals surface area contributed by atoms with Crippen molar-refractivity contribution >= 4 is 6.29 Å². The van der Waals surface area contributed by atoms with Crippen LogP contribution in [0, 0.1) is 12.7 Å². The molecule has 25 heavy (non-hydrogen) atoms. The number of nitrogens with zero attached hydrogens (tertiary/aromatic N) is 1. The Morgan fingerprint density at radius 3 is 2.28 bits per heavy atom. The molecule has 2 aromatic carbocycles. The molecule has 0 amide bonds. The number of pyridine rings is 1. The topological polar surface area (TPSA) is 30.0 Å². The molecule has 3 heteroatoms. The number of carbonyl (C=O) groups excluding carboxylic acids is 1. The molecule has 1 heterocycles. The summed E-state index contributed by atoms with van der Waals surface area (Å²) in [4.78, 5) is 16.8. The van der Waals surface area contributed by atoms with Gasteiger partial charge in [-0.2, -0.15) is 0 Å². The highest BCUT2D eigenvalue weighted by Gasteiger charge is 2.31. The fraction of sp³-hybridized carbons (Fsp3) is 0.182. The van der Waals surface area contributed by atoms with Crippen molar-refractivity contribution in [1.29, 1.82) is 0 Å². The van der Waals surface area contributed by atoms with Crippen molar-refractivity contribution < 1.29 is 9.18 Å². The standard InChI is InChI=1S/C22H18FNO/c1-14-20(15-9-11-18(23)12-10-15)19(13-25)22(17-7-8-17)24-21(14)16-5-3-2-4-6-16/h2-6,9-13,17H,7-8H2,1H3. The van der Waals surface area contributed by atoms with Gasteiger partial charge in [0.2, 0.25) is 0 Å². The minimum atomic E-state index is -0.284. The normalized spacial score (nSPS) is 13.7. The molecule has 1 aliphatic rings. The minimum Gasteiger partial charge on any atom is -0.298 e. The second kappa shape index (κ2) is 6.25. The lowest BCUT2D eigenvalue weighted by atomic mass is 9.90. The Balaban J connectivity index is 2.02. The molecule has 1 aromatic heterocycles. The maximum Gasteiger partial charge on any atom is 0.152 e. The molecule has 3 aromatic rings. The van der Waals surface area contributed by atoms with Crippen molar-refractivity contribution in [3.8, 4) is 22.4 Å². The maximum absolute atomic E-state index is 13.4. The molecule has 1 fully saturated rings. The minimum absolute atomic E-state index is 0.284. The Kier molecular flexibility index (Phi) is 3.92. The smallest absolute Gasteiger partial charge is 0.152 e. The van der Waals surface area contributed by atoms with Crippen molar-refractivity contribution in [3.05, 3.63) is 77.2 Å². The van der Waals surface area contributed by atoms with Gasteiger partial charge in [0.05, 0.1) is 11.4 Å². The first-order valence-corrected chi connectivity index (χ1v) is 8.50. The predicted octanol–water partition coefficient (Wildman–Crippen LogP) is 5.55. The van der Waals surface area contributed by atoms with E-state index in [0.29, 0.717) is 11.5 Å². The highest BCUT2D eigenvalue weighted by molar-refractivity contribution is 5.93. The summed E-state index contributed by atoms with van der Waals surface area (Å²) in [7, 11) is 0. The Morgan fingerprint density at radius 2 is 1.68 bits per heavy atom. The fourth-order valence-corrected chi connectivity index (χ4v) is 3.37. The van der Waals surface area contributed by atoms with Gasteiger partial charge in [-0.1, -0.05) is 42.5 Å². The molecule has 124 valence electrons. The average molecular weight is 331 g/mol. The summed E-state index contributed by atoms with van der Waals surface area (Å²) in [5, 5.41) is 0. The fourth-order valence-electron chi connectivity index (χ4n) is 3.37. The highest BCUT2D eigenvalue weighted by Crippen LogP contribution is 2.44. The van der Waals surface area contributed by atoms with Crippen molar-refractivity contribution in [2.24, 2.45) is 0 Å². The summed E-state index contributed by atoms with van der Waals surface area (Å²) in [6.45, 7) is 1.98. The number of aldehydes is 1. The van der Waals surface area contributed by atoms with E-state index < -0.39 is 0 Å². The van der Waals surface area contributed by atoms with Crippen LogP contribution in [-0.2, 0) is 0 Å². The molecule has 0 N–H and O–H groups in total. The predicted molar refractivity (Wildman–Crippen MR) is 97.2 cm³/mol. The first-order valence-electron chi connectivity index (χ1n) is 8.50. The molecule has 4 rings (SSSR count). The van der Waals surface area contributed by atoms with E-state index in [1.165, 1.54) is 12.1 Å². The lowest BCUT2D eigenvalue weighted by Crippen LogP contribution is -2.04. The average Bonchev–Trinajstić information content (AvgIpc) is 3.48. The van der Waals surface area contributed by atoms with Gasteiger partial charge in [0.1, 0.15) is 5.82 Å². The molecule has 2 nitrogen and oxygen atoms in total. The summed E-state index contributed by atoms with van der Waals surface area (Å²) in [6.07, 6.45) is 3.03. The molecule has 0 aliphatic heterocycles. The van der Waals surface area contributed by atoms with Crippen molar-refractivity contribution in [2.45, 2.75) is 25.7 Å². The van der Waals surface area contributed by atoms with Gasteiger partial charge >= 0.3 is 0 Å². The zero-order chi connectivity index (χ0) is 17.4. The van der Waals surface area contributed by atoms with Crippen LogP contribution >= 0.6 is 0 Å². The van der Waals surface area contributed by atoms with Gasteiger partial charge in [0.15, 0.2) is 6.29 Å². The molecular formula is C22H18FNO. The zero-order valence-electron chi connectivity index (χ0n) is 14.0. The molecule has 0 bridgehead atoms. The largest absolute Gasteiger partial charge is 0.298 e. The van der Waals surface area contributed by atoms with Gasteiger partial charge in [0, 0.05) is 17.0 Å². The van der Waals surface area contributed by atoms with Crippen LogP contribution in [0.3, 0.4) is 0 Å². The molecule has 1 aliphatic carbocycles. The van der Waals surface area contributed by atoms with Gasteiger partial charge in [-0.25, -0.2) is 4.39 Å². The van der Waals surface area contributed by atoms with Crippen LogP contribution in [0.25, 0.3) is 22.4 Å². The summed E-state index contributed by atoms with van der Waals surface area (Å²) in [5.41, 5.74) is 6.11. The third kappa shape index (κ3) is 2.86. The summed E-state index contributed by atoms with van der Waals surface area (Å²) in [6, 6.07) is 16.3. The SMILES string of the molecule is Cc1c(-c2ccccc2)nc(C2CC2)c(C=O)c1-c1ccc(F)cc1. The lowest BCUT2D eigenvalue weighted by molar-refractivity contribution is 0.112. The number of carbonyl (C=O) groups is 1. The van der Waals surface area contributed by atoms with E-state index in [-0.39, 0.29) is 5.82 Å². The Labute approximate surface area is 146 Å². The Bertz CT molecular complexity index is 928. The van der Waals surface area contributed by atoms with Crippen LogP contribution in [0.4, 0.5) is 4.39 Å². The molecule has 1 saturated carbocycles. The quantitative estimate of drug-likeness (QED) is 0.586. The van der Waals surface area contributed by atoms with E-state index in [9.17, 15) is 9.18 Å². The molecule has 0 radical (unpaired) electrons. The first-order chi connectivity index (χ1) is 12.2. The van der Waals surface area contributed by atoms with Crippen LogP contribution < -0.4 is 0 Å². The van der Waals surface area contributed by atoms with Crippen LogP contribution in [0.2, 0.25) is 0 Å². The second-order valence-electron chi connectivity index (χ2n) is 6.52. The van der Waals surface area contributed by atoms with Crippen molar-refractivity contribution in [3.63, 3.8) is 0 Å². The molecular weight excluding hydrogens is 313 g/mol. The van der Waals surface area contributed by atoms with Crippen molar-refractivity contribution in [2.75, 3.05) is 0 Å². The first kappa shape index (κ1) is 15.7. The van der Waals surface area contributed by atoms with E-state index >= 15 is 0 Å². The lowest BCUT2D eigenvalue weighted by Gasteiger charge is -2.17. The van der Waals surface area contributed by atoms with Crippen LogP contribution in [0.15, 0.2) is 54.6 Å². The van der Waals surface area contributed by atoms with E-state index in [2.05, 4.69) is 0 Å². The number of hydrogen-bond donors (Lipinski definition) is 0. The number of hydrogen-bond acceptors (Lipinski definition) is 2. The van der Waals surface area contributed by atoms with Crippen molar-refractivity contribution in [1.82, 2.24) is 4.98 Å². The number of benzene rings is 2.